The maximum Gasteiger partial charge on any atom is 0.243 e. The van der Waals surface area contributed by atoms with Gasteiger partial charge in [0, 0.05) is 23.8 Å². The van der Waals surface area contributed by atoms with Gasteiger partial charge in [0.25, 0.3) is 0 Å². The number of nitrogens with one attached hydrogen (secondary N) is 1. The third-order valence-corrected chi connectivity index (χ3v) is 4.26. The molecule has 1 unspecified atom stereocenters. The third-order valence-electron chi connectivity index (χ3n) is 4.26. The average molecular weight is 302 g/mol. The van der Waals surface area contributed by atoms with Crippen LogP contribution in [-0.2, 0) is 17.6 Å². The van der Waals surface area contributed by atoms with E-state index >= 15 is 0 Å². The van der Waals surface area contributed by atoms with Gasteiger partial charge >= 0.3 is 0 Å². The Hall–Kier alpha value is -2.21. The van der Waals surface area contributed by atoms with Crippen LogP contribution in [0.3, 0.4) is 0 Å². The minimum absolute atomic E-state index is 0.0413. The normalized spacial score (nSPS) is 15.3. The predicted molar refractivity (Wildman–Crippen MR) is 80.6 cm³/mol. The minimum Gasteiger partial charge on any atom is -0.461 e. The lowest BCUT2D eigenvalue weighted by molar-refractivity contribution is -0.129. The van der Waals surface area contributed by atoms with Gasteiger partial charge in [-0.2, -0.15) is 4.91 Å². The Labute approximate surface area is 127 Å². The summed E-state index contributed by atoms with van der Waals surface area (Å²) in [5.74, 6) is 0.525. The number of hydrogen-bond donors (Lipinski definition) is 2. The fourth-order valence-electron chi connectivity index (χ4n) is 3.09. The van der Waals surface area contributed by atoms with E-state index in [0.29, 0.717) is 0 Å². The number of fused-ring (bicyclic) bond motifs is 3. The molecular formula is C16H18N2O4. The Morgan fingerprint density at radius 1 is 1.36 bits per heavy atom. The fourth-order valence-corrected chi connectivity index (χ4v) is 3.09. The smallest absolute Gasteiger partial charge is 0.243 e. The van der Waals surface area contributed by atoms with Crippen molar-refractivity contribution in [1.82, 2.24) is 5.48 Å². The van der Waals surface area contributed by atoms with Gasteiger partial charge in [-0.05, 0) is 37.3 Å². The van der Waals surface area contributed by atoms with E-state index in [1.807, 2.05) is 18.2 Å². The Balaban J connectivity index is 1.87. The molecule has 2 N–H and O–H groups in total. The Morgan fingerprint density at radius 3 is 2.95 bits per heavy atom. The molecule has 1 aromatic carbocycles. The molecule has 0 saturated carbocycles. The van der Waals surface area contributed by atoms with Crippen molar-refractivity contribution in [3.05, 3.63) is 40.0 Å². The third kappa shape index (κ3) is 2.74. The van der Waals surface area contributed by atoms with Crippen molar-refractivity contribution < 1.29 is 14.4 Å². The van der Waals surface area contributed by atoms with Crippen LogP contribution in [0.4, 0.5) is 0 Å². The number of amides is 1. The lowest BCUT2D eigenvalue weighted by atomic mass is 9.95. The van der Waals surface area contributed by atoms with E-state index in [-0.39, 0.29) is 12.8 Å². The van der Waals surface area contributed by atoms with Gasteiger partial charge in [-0.3, -0.25) is 10.0 Å². The van der Waals surface area contributed by atoms with Gasteiger partial charge in [-0.15, -0.1) is 0 Å². The minimum atomic E-state index is -0.621. The highest BCUT2D eigenvalue weighted by Crippen LogP contribution is 2.34. The molecule has 1 aliphatic rings. The number of hydroxylamine groups is 1. The van der Waals surface area contributed by atoms with E-state index in [2.05, 4.69) is 5.18 Å². The summed E-state index contributed by atoms with van der Waals surface area (Å²) in [5.41, 5.74) is 4.36. The lowest BCUT2D eigenvalue weighted by Crippen LogP contribution is -2.18. The Morgan fingerprint density at radius 2 is 2.18 bits per heavy atom. The van der Waals surface area contributed by atoms with Crippen molar-refractivity contribution in [2.75, 3.05) is 0 Å². The molecule has 22 heavy (non-hydrogen) atoms. The topological polar surface area (TPSA) is 91.9 Å². The lowest BCUT2D eigenvalue weighted by Gasteiger charge is -2.09. The van der Waals surface area contributed by atoms with Crippen LogP contribution in [0.5, 0.6) is 0 Å². The molecule has 1 amide bonds. The molecule has 116 valence electrons. The quantitative estimate of drug-likeness (QED) is 0.503. The maximum absolute atomic E-state index is 11.1. The molecule has 0 bridgehead atoms. The van der Waals surface area contributed by atoms with Crippen LogP contribution >= 0.6 is 0 Å². The molecule has 0 fully saturated rings. The van der Waals surface area contributed by atoms with Crippen LogP contribution in [0.25, 0.3) is 11.0 Å². The number of aryl methyl sites for hydroxylation is 2. The highest BCUT2D eigenvalue weighted by Gasteiger charge is 2.20. The van der Waals surface area contributed by atoms with E-state index < -0.39 is 11.9 Å². The van der Waals surface area contributed by atoms with Crippen molar-refractivity contribution in [3.8, 4) is 0 Å². The monoisotopic (exact) mass is 302 g/mol. The zero-order chi connectivity index (χ0) is 15.5. The molecule has 1 aliphatic carbocycles. The number of hydrogen-bond acceptors (Lipinski definition) is 5. The molecule has 6 heteroatoms. The predicted octanol–water partition coefficient (Wildman–Crippen LogP) is 3.40. The van der Waals surface area contributed by atoms with Crippen LogP contribution in [0.2, 0.25) is 0 Å². The molecule has 1 atom stereocenters. The van der Waals surface area contributed by atoms with E-state index in [0.717, 1.165) is 41.6 Å². The van der Waals surface area contributed by atoms with Gasteiger partial charge in [0.1, 0.15) is 17.4 Å². The molecule has 0 aliphatic heterocycles. The van der Waals surface area contributed by atoms with Crippen LogP contribution in [-0.4, -0.2) is 11.1 Å². The number of carbonyl (C=O) groups excluding carboxylic acids is 1. The van der Waals surface area contributed by atoms with E-state index in [4.69, 9.17) is 9.62 Å². The summed E-state index contributed by atoms with van der Waals surface area (Å²) in [4.78, 5) is 22.1. The summed E-state index contributed by atoms with van der Waals surface area (Å²) in [6.07, 6.45) is 4.62. The highest BCUT2D eigenvalue weighted by molar-refractivity contribution is 5.83. The van der Waals surface area contributed by atoms with Crippen LogP contribution < -0.4 is 5.48 Å². The van der Waals surface area contributed by atoms with Crippen molar-refractivity contribution in [1.29, 1.82) is 0 Å². The second-order valence-corrected chi connectivity index (χ2v) is 5.66. The number of benzene rings is 1. The van der Waals surface area contributed by atoms with Gasteiger partial charge in [-0.1, -0.05) is 17.3 Å². The van der Waals surface area contributed by atoms with Crippen LogP contribution in [0.15, 0.2) is 27.8 Å². The summed E-state index contributed by atoms with van der Waals surface area (Å²) >= 11 is 0. The molecule has 1 aromatic heterocycles. The first kappa shape index (κ1) is 14.7. The van der Waals surface area contributed by atoms with Crippen molar-refractivity contribution in [2.24, 2.45) is 5.18 Å². The Bertz CT molecular complexity index is 707. The Kier molecular flexibility index (Phi) is 4.20. The number of nitroso groups, excluding NO2 is 1. The number of furan rings is 1. The number of rotatable bonds is 5. The molecule has 2 aromatic rings. The molecule has 6 nitrogen and oxygen atoms in total. The summed E-state index contributed by atoms with van der Waals surface area (Å²) in [7, 11) is 0. The largest absolute Gasteiger partial charge is 0.461 e. The van der Waals surface area contributed by atoms with E-state index in [1.54, 1.807) is 5.48 Å². The molecular weight excluding hydrogens is 284 g/mol. The SMILES string of the molecule is O=NC(CCC(=O)NO)c1ccc2c3c(oc2c1)CCCC3. The summed E-state index contributed by atoms with van der Waals surface area (Å²) in [5, 5.41) is 12.7. The average Bonchev–Trinajstić information content (AvgIpc) is 2.93. The van der Waals surface area contributed by atoms with Crippen molar-refractivity contribution in [3.63, 3.8) is 0 Å². The summed E-state index contributed by atoms with van der Waals surface area (Å²) < 4.78 is 5.91. The second kappa shape index (κ2) is 6.27. The van der Waals surface area contributed by atoms with Crippen molar-refractivity contribution >= 4 is 16.9 Å². The van der Waals surface area contributed by atoms with Gasteiger partial charge in [0.2, 0.25) is 5.91 Å². The van der Waals surface area contributed by atoms with Crippen LogP contribution in [0, 0.1) is 4.91 Å². The number of carbonyl (C=O) groups is 1. The zero-order valence-corrected chi connectivity index (χ0v) is 12.2. The zero-order valence-electron chi connectivity index (χ0n) is 12.2. The highest BCUT2D eigenvalue weighted by atomic mass is 16.5. The molecule has 0 spiro atoms. The first-order valence-corrected chi connectivity index (χ1v) is 7.52. The first-order valence-electron chi connectivity index (χ1n) is 7.52. The standard InChI is InChI=1S/C16H18N2O4/c19-16(18-21)8-7-13(17-20)10-5-6-12-11-3-1-2-4-14(11)22-15(12)9-10/h5-6,9,13,21H,1-4,7-8H2,(H,18,19). The van der Waals surface area contributed by atoms with E-state index in [9.17, 15) is 9.70 Å². The van der Waals surface area contributed by atoms with Gasteiger partial charge in [0.15, 0.2) is 0 Å². The fraction of sp³-hybridized carbons (Fsp3) is 0.438. The van der Waals surface area contributed by atoms with Crippen molar-refractivity contribution in [2.45, 2.75) is 44.6 Å². The molecule has 3 rings (SSSR count). The molecule has 1 heterocycles. The summed E-state index contributed by atoms with van der Waals surface area (Å²) in [6.45, 7) is 0. The van der Waals surface area contributed by atoms with Gasteiger partial charge in [-0.25, -0.2) is 5.48 Å². The maximum atomic E-state index is 11.1. The van der Waals surface area contributed by atoms with E-state index in [1.165, 1.54) is 12.0 Å². The van der Waals surface area contributed by atoms with Gasteiger partial charge < -0.3 is 4.42 Å². The first-order chi connectivity index (χ1) is 10.7. The number of nitrogens with zero attached hydrogens (tertiary/aromatic N) is 1. The molecule has 0 saturated heterocycles. The van der Waals surface area contributed by atoms with Crippen LogP contribution in [0.1, 0.15) is 48.6 Å². The molecule has 0 radical (unpaired) electrons. The summed E-state index contributed by atoms with van der Waals surface area (Å²) in [6, 6.07) is 5.07. The van der Waals surface area contributed by atoms with Gasteiger partial charge in [0.05, 0.1) is 0 Å². The second-order valence-electron chi connectivity index (χ2n) is 5.66.